The summed E-state index contributed by atoms with van der Waals surface area (Å²) < 4.78 is 7.33. The molecule has 8 heteroatoms. The summed E-state index contributed by atoms with van der Waals surface area (Å²) in [7, 11) is 0. The average molecular weight is 428 g/mol. The Morgan fingerprint density at radius 2 is 2.17 bits per heavy atom. The number of fused-ring (bicyclic) bond motifs is 1. The van der Waals surface area contributed by atoms with Crippen LogP contribution in [0.5, 0.6) is 0 Å². The lowest BCUT2D eigenvalue weighted by Crippen LogP contribution is -2.38. The van der Waals surface area contributed by atoms with Crippen LogP contribution in [0.15, 0.2) is 60.8 Å². The maximum atomic E-state index is 12.6. The minimum absolute atomic E-state index is 0.0157. The molecule has 0 unspecified atom stereocenters. The molecule has 1 aromatic carbocycles. The zero-order valence-electron chi connectivity index (χ0n) is 15.8. The van der Waals surface area contributed by atoms with Gasteiger partial charge < -0.3 is 9.64 Å². The molecule has 0 N–H and O–H groups in total. The maximum Gasteiger partial charge on any atom is 0.410 e. The summed E-state index contributed by atoms with van der Waals surface area (Å²) >= 11 is 2.92. The van der Waals surface area contributed by atoms with Crippen LogP contribution in [-0.2, 0) is 11.2 Å². The molecular formula is C21H21N3O3S2. The zero-order valence-corrected chi connectivity index (χ0v) is 17.4. The second-order valence-electron chi connectivity index (χ2n) is 6.79. The molecule has 2 atom stereocenters. The van der Waals surface area contributed by atoms with Crippen molar-refractivity contribution in [1.82, 2.24) is 14.3 Å². The SMILES string of the molecule is C=CCOC(=O)N1C[C@H](SC(=O)c2ccccc2)C[C@@H]1Cc1ncc2sccn12. The Bertz CT molecular complexity index is 1010. The van der Waals surface area contributed by atoms with Crippen LogP contribution in [0.25, 0.3) is 4.83 Å². The molecule has 150 valence electrons. The number of hydrogen-bond acceptors (Lipinski definition) is 6. The van der Waals surface area contributed by atoms with Crippen LogP contribution >= 0.6 is 23.1 Å². The van der Waals surface area contributed by atoms with E-state index in [1.54, 1.807) is 22.3 Å². The van der Waals surface area contributed by atoms with E-state index in [0.717, 1.165) is 10.7 Å². The molecule has 0 aliphatic carbocycles. The van der Waals surface area contributed by atoms with Gasteiger partial charge in [-0.1, -0.05) is 54.7 Å². The van der Waals surface area contributed by atoms with Gasteiger partial charge in [0.15, 0.2) is 0 Å². The third kappa shape index (κ3) is 4.38. The molecule has 3 aromatic rings. The number of carbonyl (C=O) groups excluding carboxylic acids is 2. The quantitative estimate of drug-likeness (QED) is 0.550. The molecule has 1 aliphatic heterocycles. The van der Waals surface area contributed by atoms with Gasteiger partial charge in [0.25, 0.3) is 0 Å². The van der Waals surface area contributed by atoms with Crippen molar-refractivity contribution in [2.24, 2.45) is 0 Å². The Balaban J connectivity index is 1.49. The number of thioether (sulfide) groups is 1. The summed E-state index contributed by atoms with van der Waals surface area (Å²) in [5.41, 5.74) is 0.676. The first-order chi connectivity index (χ1) is 14.2. The Morgan fingerprint density at radius 1 is 1.34 bits per heavy atom. The zero-order chi connectivity index (χ0) is 20.2. The molecule has 0 saturated carbocycles. The summed E-state index contributed by atoms with van der Waals surface area (Å²) in [6.45, 7) is 4.24. The van der Waals surface area contributed by atoms with E-state index in [-0.39, 0.29) is 29.1 Å². The van der Waals surface area contributed by atoms with Crippen LogP contribution in [0, 0.1) is 0 Å². The standard InChI is InChI=1S/C21H21N3O3S2/c1-2-9-27-21(26)24-14-17(29-20(25)15-6-4-3-5-7-15)11-16(24)12-18-22-13-19-23(18)8-10-28-19/h2-8,10,13,16-17H,1,9,11-12,14H2/t16-,17-/m1/s1. The number of amides is 1. The molecule has 3 heterocycles. The molecule has 6 nitrogen and oxygen atoms in total. The van der Waals surface area contributed by atoms with Crippen LogP contribution in [-0.4, -0.2) is 49.9 Å². The van der Waals surface area contributed by atoms with Gasteiger partial charge in [0, 0.05) is 41.4 Å². The van der Waals surface area contributed by atoms with Crippen molar-refractivity contribution in [3.8, 4) is 0 Å². The van der Waals surface area contributed by atoms with E-state index in [0.29, 0.717) is 24.9 Å². The van der Waals surface area contributed by atoms with Gasteiger partial charge in [-0.2, -0.15) is 0 Å². The molecule has 1 fully saturated rings. The minimum atomic E-state index is -0.372. The molecule has 0 radical (unpaired) electrons. The van der Waals surface area contributed by atoms with Crippen molar-refractivity contribution >= 4 is 39.1 Å². The Kier molecular flexibility index (Phi) is 6.01. The van der Waals surface area contributed by atoms with E-state index in [9.17, 15) is 9.59 Å². The predicted molar refractivity (Wildman–Crippen MR) is 116 cm³/mol. The third-order valence-corrected chi connectivity index (χ3v) is 6.80. The highest BCUT2D eigenvalue weighted by Crippen LogP contribution is 2.32. The van der Waals surface area contributed by atoms with E-state index in [4.69, 9.17) is 4.74 Å². The molecule has 29 heavy (non-hydrogen) atoms. The number of benzene rings is 1. The molecule has 0 bridgehead atoms. The highest BCUT2D eigenvalue weighted by atomic mass is 32.2. The number of ether oxygens (including phenoxy) is 1. The minimum Gasteiger partial charge on any atom is -0.445 e. The Labute approximate surface area is 177 Å². The average Bonchev–Trinajstić information content (AvgIpc) is 3.44. The second-order valence-corrected chi connectivity index (χ2v) is 8.99. The van der Waals surface area contributed by atoms with E-state index in [1.165, 1.54) is 11.8 Å². The number of rotatable bonds is 6. The number of nitrogens with zero attached hydrogens (tertiary/aromatic N) is 3. The van der Waals surface area contributed by atoms with Crippen LogP contribution in [0.4, 0.5) is 4.79 Å². The van der Waals surface area contributed by atoms with Gasteiger partial charge in [0.2, 0.25) is 5.12 Å². The van der Waals surface area contributed by atoms with Crippen LogP contribution in [0.2, 0.25) is 0 Å². The van der Waals surface area contributed by atoms with E-state index >= 15 is 0 Å². The van der Waals surface area contributed by atoms with Crippen molar-refractivity contribution < 1.29 is 14.3 Å². The summed E-state index contributed by atoms with van der Waals surface area (Å²) in [6.07, 6.45) is 6.35. The fourth-order valence-corrected chi connectivity index (χ4v) is 5.38. The summed E-state index contributed by atoms with van der Waals surface area (Å²) in [5.74, 6) is 0.910. The molecule has 1 saturated heterocycles. The van der Waals surface area contributed by atoms with Gasteiger partial charge in [0.05, 0.1) is 6.20 Å². The van der Waals surface area contributed by atoms with Crippen LogP contribution < -0.4 is 0 Å². The van der Waals surface area contributed by atoms with E-state index in [2.05, 4.69) is 11.6 Å². The van der Waals surface area contributed by atoms with Crippen LogP contribution in [0.3, 0.4) is 0 Å². The number of hydrogen-bond donors (Lipinski definition) is 0. The molecule has 1 aliphatic rings. The predicted octanol–water partition coefficient (Wildman–Crippen LogP) is 4.28. The third-order valence-electron chi connectivity index (χ3n) is 4.87. The molecule has 2 aromatic heterocycles. The first-order valence-electron chi connectivity index (χ1n) is 9.35. The number of imidazole rings is 1. The van der Waals surface area contributed by atoms with Crippen molar-refractivity contribution in [2.75, 3.05) is 13.2 Å². The fraction of sp³-hybridized carbons (Fsp3) is 0.286. The first kappa shape index (κ1) is 19.7. The van der Waals surface area contributed by atoms with Crippen molar-refractivity contribution in [3.05, 3.63) is 72.1 Å². The number of carbonyl (C=O) groups is 2. The normalized spacial score (nSPS) is 18.8. The van der Waals surface area contributed by atoms with Gasteiger partial charge in [0.1, 0.15) is 17.3 Å². The fourth-order valence-electron chi connectivity index (χ4n) is 3.53. The van der Waals surface area contributed by atoms with Gasteiger partial charge in [-0.3, -0.25) is 9.20 Å². The number of likely N-dealkylation sites (tertiary alicyclic amines) is 1. The summed E-state index contributed by atoms with van der Waals surface area (Å²) in [6, 6.07) is 9.16. The maximum absolute atomic E-state index is 12.6. The monoisotopic (exact) mass is 427 g/mol. The van der Waals surface area contributed by atoms with Gasteiger partial charge in [-0.05, 0) is 6.42 Å². The Hall–Kier alpha value is -2.58. The summed E-state index contributed by atoms with van der Waals surface area (Å²) in [5, 5.41) is 2.06. The first-order valence-corrected chi connectivity index (χ1v) is 11.1. The lowest BCUT2D eigenvalue weighted by molar-refractivity contribution is 0.106. The van der Waals surface area contributed by atoms with E-state index < -0.39 is 0 Å². The molecule has 4 rings (SSSR count). The largest absolute Gasteiger partial charge is 0.445 e. The molecule has 0 spiro atoms. The lowest BCUT2D eigenvalue weighted by Gasteiger charge is -2.23. The van der Waals surface area contributed by atoms with Crippen molar-refractivity contribution in [3.63, 3.8) is 0 Å². The van der Waals surface area contributed by atoms with Crippen molar-refractivity contribution in [2.45, 2.75) is 24.1 Å². The van der Waals surface area contributed by atoms with Gasteiger partial charge in [-0.15, -0.1) is 11.3 Å². The van der Waals surface area contributed by atoms with Crippen molar-refractivity contribution in [1.29, 1.82) is 0 Å². The second kappa shape index (κ2) is 8.84. The van der Waals surface area contributed by atoms with Crippen LogP contribution in [0.1, 0.15) is 22.6 Å². The summed E-state index contributed by atoms with van der Waals surface area (Å²) in [4.78, 5) is 32.5. The highest BCUT2D eigenvalue weighted by molar-refractivity contribution is 8.14. The number of thiazole rings is 1. The van der Waals surface area contributed by atoms with Gasteiger partial charge >= 0.3 is 6.09 Å². The number of aromatic nitrogens is 2. The smallest absolute Gasteiger partial charge is 0.410 e. The molecular weight excluding hydrogens is 406 g/mol. The van der Waals surface area contributed by atoms with E-state index in [1.807, 2.05) is 52.5 Å². The Morgan fingerprint density at radius 3 is 2.97 bits per heavy atom. The van der Waals surface area contributed by atoms with Gasteiger partial charge in [-0.25, -0.2) is 9.78 Å². The molecule has 1 amide bonds. The topological polar surface area (TPSA) is 63.9 Å². The highest BCUT2D eigenvalue weighted by Gasteiger charge is 2.38. The lowest BCUT2D eigenvalue weighted by atomic mass is 10.1.